The summed E-state index contributed by atoms with van der Waals surface area (Å²) >= 11 is 0. The van der Waals surface area contributed by atoms with Crippen LogP contribution < -0.4 is 20.8 Å². The summed E-state index contributed by atoms with van der Waals surface area (Å²) in [6.45, 7) is 3.37. The average Bonchev–Trinajstić information content (AvgIpc) is 3.16. The molecule has 192 valence electrons. The maximum absolute atomic E-state index is 13.4. The number of rotatable bonds is 5. The van der Waals surface area contributed by atoms with Gasteiger partial charge in [0.1, 0.15) is 0 Å². The summed E-state index contributed by atoms with van der Waals surface area (Å²) in [6.07, 6.45) is 0.272. The first kappa shape index (κ1) is 23.9. The molecule has 0 saturated carbocycles. The van der Waals surface area contributed by atoms with Crippen molar-refractivity contribution in [2.24, 2.45) is 14.1 Å². The maximum atomic E-state index is 13.4. The quantitative estimate of drug-likeness (QED) is 0.381. The Kier molecular flexibility index (Phi) is 6.12. The lowest BCUT2D eigenvalue weighted by Gasteiger charge is -2.38. The van der Waals surface area contributed by atoms with Crippen LogP contribution in [-0.4, -0.2) is 41.2 Å². The number of aromatic nitrogens is 2. The molecule has 0 aliphatic carbocycles. The molecule has 6 rings (SSSR count). The fourth-order valence-corrected chi connectivity index (χ4v) is 5.55. The summed E-state index contributed by atoms with van der Waals surface area (Å²) in [5.41, 5.74) is 5.45. The number of benzene rings is 4. The summed E-state index contributed by atoms with van der Waals surface area (Å²) < 4.78 is 3.30. The van der Waals surface area contributed by atoms with Gasteiger partial charge in [-0.25, -0.2) is 4.79 Å². The maximum Gasteiger partial charge on any atom is 0.328 e. The zero-order valence-electron chi connectivity index (χ0n) is 21.7. The summed E-state index contributed by atoms with van der Waals surface area (Å²) in [7, 11) is 3.56. The number of carbonyl (C=O) groups excluding carboxylic acids is 1. The van der Waals surface area contributed by atoms with E-state index in [0.717, 1.165) is 64.9 Å². The fraction of sp³-hybridized carbons (Fsp3) is 0.226. The summed E-state index contributed by atoms with van der Waals surface area (Å²) in [6, 6.07) is 28.6. The number of imidazole rings is 1. The minimum absolute atomic E-state index is 0.0780. The molecule has 0 bridgehead atoms. The Hall–Kier alpha value is -4.52. The summed E-state index contributed by atoms with van der Waals surface area (Å²) in [5, 5.41) is 5.40. The van der Waals surface area contributed by atoms with Crippen LogP contribution in [0.25, 0.3) is 21.8 Å². The van der Waals surface area contributed by atoms with Crippen LogP contribution in [0.4, 0.5) is 17.1 Å². The molecular weight excluding hydrogens is 474 g/mol. The molecule has 4 aromatic carbocycles. The molecule has 1 aromatic heterocycles. The number of nitrogens with zero attached hydrogens (tertiary/aromatic N) is 4. The number of aryl methyl sites for hydroxylation is 2. The van der Waals surface area contributed by atoms with Gasteiger partial charge in [-0.3, -0.25) is 13.9 Å². The van der Waals surface area contributed by atoms with Crippen LogP contribution >= 0.6 is 0 Å². The van der Waals surface area contributed by atoms with Crippen LogP contribution in [0.2, 0.25) is 0 Å². The van der Waals surface area contributed by atoms with Crippen molar-refractivity contribution in [2.75, 3.05) is 41.3 Å². The van der Waals surface area contributed by atoms with E-state index in [1.165, 1.54) is 5.69 Å². The zero-order valence-corrected chi connectivity index (χ0v) is 21.7. The molecule has 0 atom stereocenters. The van der Waals surface area contributed by atoms with Gasteiger partial charge in [-0.2, -0.15) is 0 Å². The number of hydrogen-bond acceptors (Lipinski definition) is 4. The van der Waals surface area contributed by atoms with Crippen molar-refractivity contribution in [3.8, 4) is 0 Å². The van der Waals surface area contributed by atoms with E-state index < -0.39 is 0 Å². The second kappa shape index (κ2) is 9.74. The smallest absolute Gasteiger partial charge is 0.328 e. The van der Waals surface area contributed by atoms with E-state index in [-0.39, 0.29) is 18.0 Å². The minimum atomic E-state index is -0.0842. The number of fused-ring (bicyclic) bond motifs is 2. The number of para-hydroxylation sites is 1. The summed E-state index contributed by atoms with van der Waals surface area (Å²) in [5.74, 6) is -0.0780. The molecule has 0 radical (unpaired) electrons. The van der Waals surface area contributed by atoms with E-state index in [9.17, 15) is 9.59 Å². The summed E-state index contributed by atoms with van der Waals surface area (Å²) in [4.78, 5) is 30.8. The van der Waals surface area contributed by atoms with Crippen molar-refractivity contribution in [3.63, 3.8) is 0 Å². The van der Waals surface area contributed by atoms with Gasteiger partial charge in [0.25, 0.3) is 0 Å². The number of anilines is 3. The highest BCUT2D eigenvalue weighted by atomic mass is 16.2. The van der Waals surface area contributed by atoms with E-state index in [1.54, 1.807) is 23.2 Å². The van der Waals surface area contributed by atoms with E-state index in [1.807, 2.05) is 42.5 Å². The molecule has 0 unspecified atom stereocenters. The molecule has 1 amide bonds. The van der Waals surface area contributed by atoms with Crippen molar-refractivity contribution in [1.29, 1.82) is 0 Å². The van der Waals surface area contributed by atoms with Crippen LogP contribution in [0, 0.1) is 0 Å². The van der Waals surface area contributed by atoms with Crippen molar-refractivity contribution in [3.05, 3.63) is 101 Å². The van der Waals surface area contributed by atoms with Crippen molar-refractivity contribution < 1.29 is 4.79 Å². The van der Waals surface area contributed by atoms with Gasteiger partial charge in [0.05, 0.1) is 28.8 Å². The number of nitrogens with one attached hydrogen (secondary N) is 1. The largest absolute Gasteiger partial charge is 0.368 e. The van der Waals surface area contributed by atoms with E-state index in [4.69, 9.17) is 0 Å². The molecule has 1 N–H and O–H groups in total. The minimum Gasteiger partial charge on any atom is -0.368 e. The Morgan fingerprint density at radius 2 is 1.39 bits per heavy atom. The zero-order chi connectivity index (χ0) is 26.2. The topological polar surface area (TPSA) is 62.5 Å². The molecular formula is C31H31N5O2. The number of carbonyl (C=O) groups is 1. The van der Waals surface area contributed by atoms with Crippen LogP contribution in [0.1, 0.15) is 5.56 Å². The standard InChI is InChI=1S/C31H31N5O2/c1-33-28-20-26(32-30(37)19-23-11-8-10-22-9-6-7-14-25(22)23)27(21-29(28)34(2)31(33)38)36-17-15-35(16-18-36)24-12-4-3-5-13-24/h3-14,20-21H,15-19H2,1-2H3,(H,32,37). The van der Waals surface area contributed by atoms with Crippen LogP contribution in [0.5, 0.6) is 0 Å². The number of hydrogen-bond donors (Lipinski definition) is 1. The highest BCUT2D eigenvalue weighted by molar-refractivity contribution is 6.01. The van der Waals surface area contributed by atoms with Crippen LogP contribution in [-0.2, 0) is 25.3 Å². The third kappa shape index (κ3) is 4.30. The predicted octanol–water partition coefficient (Wildman–Crippen LogP) is 4.54. The van der Waals surface area contributed by atoms with Gasteiger partial charge in [0.2, 0.25) is 5.91 Å². The average molecular weight is 506 g/mol. The molecule has 1 saturated heterocycles. The Morgan fingerprint density at radius 3 is 2.16 bits per heavy atom. The van der Waals surface area contributed by atoms with Gasteiger partial charge in [-0.1, -0.05) is 60.7 Å². The van der Waals surface area contributed by atoms with Gasteiger partial charge in [0, 0.05) is 46.0 Å². The molecule has 5 aromatic rings. The molecule has 1 aliphatic rings. The van der Waals surface area contributed by atoms with Crippen molar-refractivity contribution in [2.45, 2.75) is 6.42 Å². The normalized spacial score (nSPS) is 13.8. The Labute approximate surface area is 221 Å². The lowest BCUT2D eigenvalue weighted by Crippen LogP contribution is -2.46. The fourth-order valence-electron chi connectivity index (χ4n) is 5.55. The third-order valence-electron chi connectivity index (χ3n) is 7.64. The van der Waals surface area contributed by atoms with Crippen LogP contribution in [0.15, 0.2) is 89.7 Å². The van der Waals surface area contributed by atoms with Gasteiger partial charge in [0.15, 0.2) is 0 Å². The number of piperazine rings is 1. The molecule has 1 aliphatic heterocycles. The van der Waals surface area contributed by atoms with Crippen molar-refractivity contribution >= 4 is 44.8 Å². The van der Waals surface area contributed by atoms with Gasteiger partial charge in [-0.15, -0.1) is 0 Å². The Bertz CT molecular complexity index is 1690. The lowest BCUT2D eigenvalue weighted by molar-refractivity contribution is -0.115. The van der Waals surface area contributed by atoms with E-state index in [0.29, 0.717) is 0 Å². The SMILES string of the molecule is Cn1c(=O)n(C)c2cc(N3CCN(c4ccccc4)CC3)c(NC(=O)Cc3cccc4ccccc34)cc21. The molecule has 7 heteroatoms. The first-order chi connectivity index (χ1) is 18.5. The van der Waals surface area contributed by atoms with Crippen molar-refractivity contribution in [1.82, 2.24) is 9.13 Å². The number of amides is 1. The highest BCUT2D eigenvalue weighted by Gasteiger charge is 2.23. The molecule has 38 heavy (non-hydrogen) atoms. The lowest BCUT2D eigenvalue weighted by atomic mass is 10.0. The van der Waals surface area contributed by atoms with Gasteiger partial charge in [-0.05, 0) is 40.6 Å². The van der Waals surface area contributed by atoms with Gasteiger partial charge < -0.3 is 15.1 Å². The molecule has 0 spiro atoms. The molecule has 1 fully saturated rings. The van der Waals surface area contributed by atoms with E-state index in [2.05, 4.69) is 57.6 Å². The second-order valence-corrected chi connectivity index (χ2v) is 9.93. The first-order valence-electron chi connectivity index (χ1n) is 13.0. The Balaban J connectivity index is 1.31. The third-order valence-corrected chi connectivity index (χ3v) is 7.64. The van der Waals surface area contributed by atoms with Crippen LogP contribution in [0.3, 0.4) is 0 Å². The monoisotopic (exact) mass is 505 g/mol. The second-order valence-electron chi connectivity index (χ2n) is 9.93. The van der Waals surface area contributed by atoms with E-state index >= 15 is 0 Å². The predicted molar refractivity (Wildman–Crippen MR) is 155 cm³/mol. The molecule has 2 heterocycles. The van der Waals surface area contributed by atoms with Gasteiger partial charge >= 0.3 is 5.69 Å². The highest BCUT2D eigenvalue weighted by Crippen LogP contribution is 2.33. The molecule has 7 nitrogen and oxygen atoms in total. The first-order valence-corrected chi connectivity index (χ1v) is 13.0. The Morgan fingerprint density at radius 1 is 0.763 bits per heavy atom.